The van der Waals surface area contributed by atoms with Crippen LogP contribution in [0.25, 0.3) is 0 Å². The molecule has 1 aliphatic rings. The summed E-state index contributed by atoms with van der Waals surface area (Å²) in [6.07, 6.45) is 0.737. The Labute approximate surface area is 170 Å². The molecular weight excluding hydrogens is 370 g/mol. The first-order valence-electron chi connectivity index (χ1n) is 9.84. The third-order valence-corrected chi connectivity index (χ3v) is 4.51. The van der Waals surface area contributed by atoms with Crippen LogP contribution in [0.1, 0.15) is 49.2 Å². The number of amides is 3. The van der Waals surface area contributed by atoms with Gasteiger partial charge in [-0.1, -0.05) is 13.0 Å². The summed E-state index contributed by atoms with van der Waals surface area (Å²) in [5.74, 6) is 1.26. The fourth-order valence-corrected chi connectivity index (χ4v) is 3.07. The van der Waals surface area contributed by atoms with Crippen molar-refractivity contribution in [3.8, 4) is 11.5 Å². The maximum absolute atomic E-state index is 12.7. The van der Waals surface area contributed by atoms with Gasteiger partial charge in [0.05, 0.1) is 6.04 Å². The first kappa shape index (κ1) is 20.5. The van der Waals surface area contributed by atoms with Crippen molar-refractivity contribution < 1.29 is 19.1 Å². The molecule has 29 heavy (non-hydrogen) atoms. The van der Waals surface area contributed by atoms with Gasteiger partial charge in [0.25, 0.3) is 5.91 Å². The SMILES string of the molecule is CCC(NC(=O)c1ccc(NC(=O)NC(C)C)cc1)c1ccc2c(c1)OCCO2. The second-order valence-electron chi connectivity index (χ2n) is 7.17. The number of fused-ring (bicyclic) bond motifs is 1. The molecular formula is C22H27N3O4. The fraction of sp³-hybridized carbons (Fsp3) is 0.364. The van der Waals surface area contributed by atoms with Gasteiger partial charge >= 0.3 is 6.03 Å². The zero-order valence-corrected chi connectivity index (χ0v) is 17.0. The highest BCUT2D eigenvalue weighted by Gasteiger charge is 2.18. The van der Waals surface area contributed by atoms with Crippen LogP contribution in [0.3, 0.4) is 0 Å². The lowest BCUT2D eigenvalue weighted by atomic mass is 10.0. The molecule has 0 bridgehead atoms. The molecule has 0 aliphatic carbocycles. The summed E-state index contributed by atoms with van der Waals surface area (Å²) in [5.41, 5.74) is 2.11. The average molecular weight is 397 g/mol. The molecule has 1 aliphatic heterocycles. The molecule has 2 aromatic rings. The van der Waals surface area contributed by atoms with Gasteiger partial charge in [-0.15, -0.1) is 0 Å². The van der Waals surface area contributed by atoms with Gasteiger partial charge in [-0.25, -0.2) is 4.79 Å². The maximum Gasteiger partial charge on any atom is 0.319 e. The van der Waals surface area contributed by atoms with Crippen molar-refractivity contribution in [3.05, 3.63) is 53.6 Å². The lowest BCUT2D eigenvalue weighted by Gasteiger charge is -2.22. The Morgan fingerprint density at radius 3 is 2.31 bits per heavy atom. The molecule has 1 heterocycles. The Morgan fingerprint density at radius 1 is 0.966 bits per heavy atom. The smallest absolute Gasteiger partial charge is 0.319 e. The van der Waals surface area contributed by atoms with Gasteiger partial charge in [-0.3, -0.25) is 4.79 Å². The van der Waals surface area contributed by atoms with E-state index < -0.39 is 0 Å². The van der Waals surface area contributed by atoms with E-state index in [2.05, 4.69) is 16.0 Å². The van der Waals surface area contributed by atoms with Crippen LogP contribution in [0.2, 0.25) is 0 Å². The number of hydrogen-bond donors (Lipinski definition) is 3. The van der Waals surface area contributed by atoms with Crippen LogP contribution < -0.4 is 25.4 Å². The predicted molar refractivity (Wildman–Crippen MR) is 112 cm³/mol. The number of rotatable bonds is 6. The molecule has 7 nitrogen and oxygen atoms in total. The molecule has 1 atom stereocenters. The highest BCUT2D eigenvalue weighted by atomic mass is 16.6. The number of anilines is 1. The van der Waals surface area contributed by atoms with E-state index in [9.17, 15) is 9.59 Å². The molecule has 0 radical (unpaired) electrons. The Hall–Kier alpha value is -3.22. The van der Waals surface area contributed by atoms with Crippen LogP contribution in [0, 0.1) is 0 Å². The van der Waals surface area contributed by atoms with Crippen LogP contribution >= 0.6 is 0 Å². The van der Waals surface area contributed by atoms with Crippen molar-refractivity contribution in [1.82, 2.24) is 10.6 Å². The first-order chi connectivity index (χ1) is 14.0. The van der Waals surface area contributed by atoms with E-state index in [4.69, 9.17) is 9.47 Å². The van der Waals surface area contributed by atoms with Crippen LogP contribution in [0.4, 0.5) is 10.5 Å². The number of ether oxygens (including phenoxy) is 2. The standard InChI is InChI=1S/C22H27N3O4/c1-4-18(16-7-10-19-20(13-16)29-12-11-28-19)25-21(26)15-5-8-17(9-6-15)24-22(27)23-14(2)3/h5-10,13-14,18H,4,11-12H2,1-3H3,(H,25,26)(H2,23,24,27). The van der Waals surface area contributed by atoms with E-state index in [1.807, 2.05) is 39.0 Å². The quantitative estimate of drug-likeness (QED) is 0.690. The summed E-state index contributed by atoms with van der Waals surface area (Å²) in [6.45, 7) is 6.86. The second kappa shape index (κ2) is 9.32. The summed E-state index contributed by atoms with van der Waals surface area (Å²) in [6, 6.07) is 12.2. The second-order valence-corrected chi connectivity index (χ2v) is 7.17. The number of benzene rings is 2. The third-order valence-electron chi connectivity index (χ3n) is 4.51. The predicted octanol–water partition coefficient (Wildman–Crippen LogP) is 3.87. The third kappa shape index (κ3) is 5.40. The minimum absolute atomic E-state index is 0.0478. The van der Waals surface area contributed by atoms with Crippen LogP contribution in [0.5, 0.6) is 11.5 Å². The zero-order valence-electron chi connectivity index (χ0n) is 17.0. The Bertz CT molecular complexity index is 865. The average Bonchev–Trinajstić information content (AvgIpc) is 2.71. The number of carbonyl (C=O) groups excluding carboxylic acids is 2. The van der Waals surface area contributed by atoms with E-state index in [1.54, 1.807) is 24.3 Å². The molecule has 0 aromatic heterocycles. The van der Waals surface area contributed by atoms with E-state index >= 15 is 0 Å². The Morgan fingerprint density at radius 2 is 1.66 bits per heavy atom. The monoisotopic (exact) mass is 397 g/mol. The first-order valence-corrected chi connectivity index (χ1v) is 9.84. The van der Waals surface area contributed by atoms with Crippen LogP contribution in [0.15, 0.2) is 42.5 Å². The number of carbonyl (C=O) groups is 2. The van der Waals surface area contributed by atoms with Crippen molar-refractivity contribution in [3.63, 3.8) is 0 Å². The Balaban J connectivity index is 1.64. The van der Waals surface area contributed by atoms with E-state index in [0.29, 0.717) is 30.2 Å². The van der Waals surface area contributed by atoms with Gasteiger partial charge < -0.3 is 25.4 Å². The minimum Gasteiger partial charge on any atom is -0.486 e. The van der Waals surface area contributed by atoms with Gasteiger partial charge in [0.15, 0.2) is 11.5 Å². The summed E-state index contributed by atoms with van der Waals surface area (Å²) < 4.78 is 11.2. The Kier molecular flexibility index (Phi) is 6.59. The van der Waals surface area contributed by atoms with Crippen molar-refractivity contribution in [2.24, 2.45) is 0 Å². The van der Waals surface area contributed by atoms with Crippen molar-refractivity contribution in [2.45, 2.75) is 39.3 Å². The molecule has 2 aromatic carbocycles. The summed E-state index contributed by atoms with van der Waals surface area (Å²) in [7, 11) is 0. The highest BCUT2D eigenvalue weighted by molar-refractivity contribution is 5.95. The molecule has 0 spiro atoms. The van der Waals surface area contributed by atoms with Crippen molar-refractivity contribution >= 4 is 17.6 Å². The molecule has 3 N–H and O–H groups in total. The molecule has 3 rings (SSSR count). The highest BCUT2D eigenvalue weighted by Crippen LogP contribution is 2.33. The normalized spacial score (nSPS) is 13.5. The van der Waals surface area contributed by atoms with Gasteiger partial charge in [-0.2, -0.15) is 0 Å². The summed E-state index contributed by atoms with van der Waals surface area (Å²) >= 11 is 0. The van der Waals surface area contributed by atoms with Crippen LogP contribution in [-0.2, 0) is 0 Å². The lowest BCUT2D eigenvalue weighted by molar-refractivity contribution is 0.0935. The van der Waals surface area contributed by atoms with E-state index in [0.717, 1.165) is 17.7 Å². The van der Waals surface area contributed by atoms with Crippen molar-refractivity contribution in [2.75, 3.05) is 18.5 Å². The summed E-state index contributed by atoms with van der Waals surface area (Å²) in [4.78, 5) is 24.5. The molecule has 1 unspecified atom stereocenters. The lowest BCUT2D eigenvalue weighted by Crippen LogP contribution is -2.34. The van der Waals surface area contributed by atoms with Gasteiger partial charge in [-0.05, 0) is 62.2 Å². The number of urea groups is 1. The molecule has 0 saturated heterocycles. The van der Waals surface area contributed by atoms with Gasteiger partial charge in [0, 0.05) is 17.3 Å². The van der Waals surface area contributed by atoms with E-state index in [-0.39, 0.29) is 24.0 Å². The number of nitrogens with one attached hydrogen (secondary N) is 3. The number of hydrogen-bond acceptors (Lipinski definition) is 4. The molecule has 0 saturated carbocycles. The topological polar surface area (TPSA) is 88.7 Å². The van der Waals surface area contributed by atoms with E-state index in [1.165, 1.54) is 0 Å². The molecule has 7 heteroatoms. The van der Waals surface area contributed by atoms with Crippen LogP contribution in [-0.4, -0.2) is 31.2 Å². The molecule has 154 valence electrons. The largest absolute Gasteiger partial charge is 0.486 e. The van der Waals surface area contributed by atoms with Crippen molar-refractivity contribution in [1.29, 1.82) is 0 Å². The molecule has 3 amide bonds. The minimum atomic E-state index is -0.276. The van der Waals surface area contributed by atoms with Gasteiger partial charge in [0.2, 0.25) is 0 Å². The summed E-state index contributed by atoms with van der Waals surface area (Å²) in [5, 5.41) is 8.55. The zero-order chi connectivity index (χ0) is 20.8. The maximum atomic E-state index is 12.7. The molecule has 0 fully saturated rings. The van der Waals surface area contributed by atoms with Gasteiger partial charge in [0.1, 0.15) is 13.2 Å². The fourth-order valence-electron chi connectivity index (χ4n) is 3.07.